The van der Waals surface area contributed by atoms with Crippen molar-refractivity contribution in [3.8, 4) is 12.0 Å². The highest BCUT2D eigenvalue weighted by atomic mass is 16.3. The fourth-order valence-corrected chi connectivity index (χ4v) is 0.611. The lowest BCUT2D eigenvalue weighted by Gasteiger charge is -1.98. The molecule has 3 N–H and O–H groups in total. The van der Waals surface area contributed by atoms with Crippen molar-refractivity contribution >= 4 is 6.47 Å². The molecule has 0 saturated heterocycles. The number of hydrogen-bond donors (Lipinski definition) is 2. The van der Waals surface area contributed by atoms with Crippen LogP contribution in [-0.4, -0.2) is 11.6 Å². The summed E-state index contributed by atoms with van der Waals surface area (Å²) in [4.78, 5) is 8.36. The molecule has 0 aliphatic carbocycles. The van der Waals surface area contributed by atoms with Crippen molar-refractivity contribution in [2.24, 2.45) is 11.7 Å². The summed E-state index contributed by atoms with van der Waals surface area (Å²) in [6.07, 6.45) is 2.22. The molecule has 0 aliphatic heterocycles. The highest BCUT2D eigenvalue weighted by molar-refractivity contribution is 5.32. The van der Waals surface area contributed by atoms with Crippen molar-refractivity contribution in [2.45, 2.75) is 26.7 Å². The molecule has 11 heavy (non-hydrogen) atoms. The molecule has 3 nitrogen and oxygen atoms in total. The number of carboxylic acid groups (broad SMARTS) is 1. The van der Waals surface area contributed by atoms with E-state index in [-0.39, 0.29) is 6.47 Å². The third-order valence-corrected chi connectivity index (χ3v) is 1.27. The van der Waals surface area contributed by atoms with Crippen molar-refractivity contribution in [3.63, 3.8) is 0 Å². The van der Waals surface area contributed by atoms with E-state index in [9.17, 15) is 0 Å². The molecule has 64 valence electrons. The van der Waals surface area contributed by atoms with E-state index in [4.69, 9.17) is 15.6 Å². The summed E-state index contributed by atoms with van der Waals surface area (Å²) >= 11 is 0. The molecule has 0 aromatic heterocycles. The maximum Gasteiger partial charge on any atom is 0.290 e. The molecule has 0 atom stereocenters. The molecule has 3 heteroatoms. The normalized spacial score (nSPS) is 7.18. The summed E-state index contributed by atoms with van der Waals surface area (Å²) < 4.78 is 0. The van der Waals surface area contributed by atoms with Crippen LogP contribution in [0.15, 0.2) is 0 Å². The molecule has 0 unspecified atom stereocenters. The van der Waals surface area contributed by atoms with Crippen LogP contribution in [0.4, 0.5) is 0 Å². The number of rotatable bonds is 2. The number of hydrogen-bond acceptors (Lipinski definition) is 2. The maximum atomic E-state index is 8.36. The second-order valence-corrected chi connectivity index (χ2v) is 1.91. The average molecular weight is 157 g/mol. The summed E-state index contributed by atoms with van der Waals surface area (Å²) in [5.41, 5.74) is 5.02. The van der Waals surface area contributed by atoms with Crippen LogP contribution < -0.4 is 5.73 Å². The van der Waals surface area contributed by atoms with Crippen LogP contribution in [0.1, 0.15) is 26.7 Å². The van der Waals surface area contributed by atoms with Crippen LogP contribution in [0.25, 0.3) is 0 Å². The van der Waals surface area contributed by atoms with Gasteiger partial charge in [-0.05, 0) is 12.8 Å². The van der Waals surface area contributed by atoms with Crippen molar-refractivity contribution in [1.29, 1.82) is 0 Å². The highest BCUT2D eigenvalue weighted by Crippen LogP contribution is 2.03. The van der Waals surface area contributed by atoms with E-state index >= 15 is 0 Å². The summed E-state index contributed by atoms with van der Waals surface area (Å²) in [7, 11) is 0. The van der Waals surface area contributed by atoms with Crippen molar-refractivity contribution in [2.75, 3.05) is 0 Å². The third kappa shape index (κ3) is 12.1. The zero-order valence-corrected chi connectivity index (χ0v) is 7.00. The minimum absolute atomic E-state index is 0.250. The first-order valence-corrected chi connectivity index (χ1v) is 3.55. The van der Waals surface area contributed by atoms with Crippen molar-refractivity contribution in [3.05, 3.63) is 0 Å². The van der Waals surface area contributed by atoms with Gasteiger partial charge in [-0.2, -0.15) is 0 Å². The summed E-state index contributed by atoms with van der Waals surface area (Å²) in [6, 6.07) is 2.42. The second-order valence-electron chi connectivity index (χ2n) is 1.91. The zero-order valence-electron chi connectivity index (χ0n) is 7.00. The van der Waals surface area contributed by atoms with Crippen LogP contribution in [-0.2, 0) is 4.79 Å². The van der Waals surface area contributed by atoms with E-state index in [0.717, 1.165) is 12.8 Å². The Morgan fingerprint density at radius 1 is 1.55 bits per heavy atom. The van der Waals surface area contributed by atoms with Crippen molar-refractivity contribution < 1.29 is 9.90 Å². The van der Waals surface area contributed by atoms with E-state index in [0.29, 0.717) is 5.92 Å². The fraction of sp³-hybridized carbons (Fsp3) is 0.625. The minimum Gasteiger partial charge on any atom is -0.483 e. The van der Waals surface area contributed by atoms with Gasteiger partial charge in [-0.3, -0.25) is 4.79 Å². The van der Waals surface area contributed by atoms with E-state index in [1.54, 1.807) is 0 Å². The first kappa shape index (κ1) is 12.5. The van der Waals surface area contributed by atoms with E-state index in [1.165, 1.54) is 0 Å². The van der Waals surface area contributed by atoms with Crippen LogP contribution in [0.5, 0.6) is 0 Å². The Labute approximate surface area is 67.6 Å². The number of carbonyl (C=O) groups is 1. The molecular weight excluding hydrogens is 142 g/mol. The lowest BCUT2D eigenvalue weighted by molar-refractivity contribution is -0.122. The van der Waals surface area contributed by atoms with E-state index < -0.39 is 0 Å². The second kappa shape index (κ2) is 11.6. The molecule has 0 fully saturated rings. The first-order chi connectivity index (χ1) is 5.26. The molecular formula is C8H15NO2. The van der Waals surface area contributed by atoms with E-state index in [2.05, 4.69) is 25.8 Å². The molecule has 0 aromatic rings. The van der Waals surface area contributed by atoms with E-state index in [1.807, 2.05) is 0 Å². The molecule has 0 rings (SSSR count). The smallest absolute Gasteiger partial charge is 0.290 e. The summed E-state index contributed by atoms with van der Waals surface area (Å²) in [6.45, 7) is 4.00. The van der Waals surface area contributed by atoms with Gasteiger partial charge >= 0.3 is 0 Å². The monoisotopic (exact) mass is 157 g/mol. The number of nitrogens with two attached hydrogens (primary N) is 1. The van der Waals surface area contributed by atoms with Gasteiger partial charge in [0.05, 0.1) is 0 Å². The largest absolute Gasteiger partial charge is 0.483 e. The molecule has 0 heterocycles. The fourth-order valence-electron chi connectivity index (χ4n) is 0.611. The predicted molar refractivity (Wildman–Crippen MR) is 44.7 cm³/mol. The zero-order chi connectivity index (χ0) is 9.11. The summed E-state index contributed by atoms with van der Waals surface area (Å²) in [5.74, 6) is 3.42. The van der Waals surface area contributed by atoms with Crippen LogP contribution >= 0.6 is 0 Å². The van der Waals surface area contributed by atoms with Gasteiger partial charge in [0, 0.05) is 12.0 Å². The molecule has 0 saturated carbocycles. The van der Waals surface area contributed by atoms with Crippen LogP contribution in [0, 0.1) is 17.9 Å². The van der Waals surface area contributed by atoms with Crippen molar-refractivity contribution in [1.82, 2.24) is 0 Å². The molecule has 0 aliphatic rings. The predicted octanol–water partition coefficient (Wildman–Crippen LogP) is 1.04. The van der Waals surface area contributed by atoms with Gasteiger partial charge < -0.3 is 10.8 Å². The molecule has 0 bridgehead atoms. The standard InChI is InChI=1S/C7H13N.CH2O2/c1-3-7(4-2)5-6-8;2-1-3/h7H,3-4,8H2,1-2H3;1H,(H,2,3). The maximum absolute atomic E-state index is 8.36. The third-order valence-electron chi connectivity index (χ3n) is 1.27. The topological polar surface area (TPSA) is 63.3 Å². The Kier molecular flexibility index (Phi) is 13.2. The first-order valence-electron chi connectivity index (χ1n) is 3.55. The molecule has 0 amide bonds. The lowest BCUT2D eigenvalue weighted by atomic mass is 10.1. The Morgan fingerprint density at radius 2 is 1.91 bits per heavy atom. The van der Waals surface area contributed by atoms with Gasteiger partial charge in [0.1, 0.15) is 0 Å². The Morgan fingerprint density at radius 3 is 2.00 bits per heavy atom. The van der Waals surface area contributed by atoms with Gasteiger partial charge in [0.2, 0.25) is 0 Å². The van der Waals surface area contributed by atoms with Crippen LogP contribution in [0.3, 0.4) is 0 Å². The van der Waals surface area contributed by atoms with Gasteiger partial charge in [-0.15, -0.1) is 0 Å². The Hall–Kier alpha value is -1.17. The van der Waals surface area contributed by atoms with Gasteiger partial charge in [0.15, 0.2) is 0 Å². The lowest BCUT2D eigenvalue weighted by Crippen LogP contribution is -1.92. The molecule has 0 radical (unpaired) electrons. The highest BCUT2D eigenvalue weighted by Gasteiger charge is 1.94. The Bertz CT molecular complexity index is 131. The quantitative estimate of drug-likeness (QED) is 0.357. The average Bonchev–Trinajstić information content (AvgIpc) is 2.02. The molecule has 0 aromatic carbocycles. The van der Waals surface area contributed by atoms with Gasteiger partial charge in [0.25, 0.3) is 6.47 Å². The van der Waals surface area contributed by atoms with Gasteiger partial charge in [-0.25, -0.2) is 0 Å². The summed E-state index contributed by atoms with van der Waals surface area (Å²) in [5, 5.41) is 6.89. The Balaban J connectivity index is 0. The minimum atomic E-state index is -0.250. The SMILES string of the molecule is CCC(C#CN)CC.O=CO. The van der Waals surface area contributed by atoms with Crippen LogP contribution in [0.2, 0.25) is 0 Å². The molecule has 0 spiro atoms. The van der Waals surface area contributed by atoms with Gasteiger partial charge in [-0.1, -0.05) is 19.8 Å².